The molecule has 1 aliphatic heterocycles. The average Bonchev–Trinajstić information content (AvgIpc) is 2.39. The minimum absolute atomic E-state index is 0.0776. The van der Waals surface area contributed by atoms with Gasteiger partial charge in [0.15, 0.2) is 11.6 Å². The predicted octanol–water partition coefficient (Wildman–Crippen LogP) is 1.06. The van der Waals surface area contributed by atoms with Crippen LogP contribution in [0.5, 0.6) is 0 Å². The van der Waals surface area contributed by atoms with Gasteiger partial charge in [-0.2, -0.15) is 0 Å². The van der Waals surface area contributed by atoms with Crippen LogP contribution in [0.3, 0.4) is 0 Å². The molecule has 0 aliphatic carbocycles. The third-order valence-electron chi connectivity index (χ3n) is 2.80. The molecular weight excluding hydrogens is 221 g/mol. The van der Waals surface area contributed by atoms with Crippen molar-refractivity contribution >= 4 is 11.7 Å². The Balaban J connectivity index is 2.02. The van der Waals surface area contributed by atoms with Crippen molar-refractivity contribution in [3.63, 3.8) is 0 Å². The van der Waals surface area contributed by atoms with Crippen molar-refractivity contribution in [1.29, 1.82) is 0 Å². The van der Waals surface area contributed by atoms with E-state index in [1.54, 1.807) is 17.2 Å². The molecular formula is C12H14FN3O. The molecule has 4 nitrogen and oxygen atoms in total. The van der Waals surface area contributed by atoms with Crippen molar-refractivity contribution < 1.29 is 9.18 Å². The van der Waals surface area contributed by atoms with Crippen LogP contribution in [0, 0.1) is 5.82 Å². The Hall–Kier alpha value is -1.91. The molecule has 0 spiro atoms. The van der Waals surface area contributed by atoms with E-state index < -0.39 is 0 Å². The second-order valence-corrected chi connectivity index (χ2v) is 3.83. The maximum atomic E-state index is 13.5. The van der Waals surface area contributed by atoms with Crippen LogP contribution in [0.2, 0.25) is 0 Å². The van der Waals surface area contributed by atoms with Crippen molar-refractivity contribution in [2.24, 2.45) is 0 Å². The van der Waals surface area contributed by atoms with Gasteiger partial charge in [-0.1, -0.05) is 6.58 Å². The summed E-state index contributed by atoms with van der Waals surface area (Å²) in [6.45, 7) is 5.77. The van der Waals surface area contributed by atoms with Gasteiger partial charge >= 0.3 is 0 Å². The minimum atomic E-state index is -0.323. The second kappa shape index (κ2) is 4.95. The molecule has 0 unspecified atom stereocenters. The molecule has 0 bridgehead atoms. The van der Waals surface area contributed by atoms with Crippen molar-refractivity contribution in [2.45, 2.75) is 0 Å². The second-order valence-electron chi connectivity index (χ2n) is 3.83. The maximum absolute atomic E-state index is 13.5. The molecule has 5 heteroatoms. The summed E-state index contributed by atoms with van der Waals surface area (Å²) in [5, 5.41) is 0. The fourth-order valence-corrected chi connectivity index (χ4v) is 1.88. The van der Waals surface area contributed by atoms with E-state index in [2.05, 4.69) is 11.6 Å². The lowest BCUT2D eigenvalue weighted by Crippen LogP contribution is -2.48. The zero-order valence-electron chi connectivity index (χ0n) is 9.47. The van der Waals surface area contributed by atoms with Crippen LogP contribution in [0.25, 0.3) is 0 Å². The number of nitrogens with zero attached hydrogens (tertiary/aromatic N) is 3. The molecule has 1 fully saturated rings. The Morgan fingerprint density at radius 1 is 1.41 bits per heavy atom. The normalized spacial score (nSPS) is 15.8. The summed E-state index contributed by atoms with van der Waals surface area (Å²) < 4.78 is 13.5. The van der Waals surface area contributed by atoms with Crippen LogP contribution in [0.4, 0.5) is 10.2 Å². The van der Waals surface area contributed by atoms with E-state index in [4.69, 9.17) is 0 Å². The monoisotopic (exact) mass is 235 g/mol. The lowest BCUT2D eigenvalue weighted by molar-refractivity contribution is -0.126. The maximum Gasteiger partial charge on any atom is 0.246 e. The quantitative estimate of drug-likeness (QED) is 0.719. The Morgan fingerprint density at radius 2 is 2.12 bits per heavy atom. The molecule has 1 amide bonds. The highest BCUT2D eigenvalue weighted by molar-refractivity contribution is 5.87. The number of carbonyl (C=O) groups is 1. The van der Waals surface area contributed by atoms with Crippen molar-refractivity contribution in [3.05, 3.63) is 36.8 Å². The summed E-state index contributed by atoms with van der Waals surface area (Å²) in [6.07, 6.45) is 2.87. The third-order valence-corrected chi connectivity index (χ3v) is 2.80. The summed E-state index contributed by atoms with van der Waals surface area (Å²) in [7, 11) is 0. The summed E-state index contributed by atoms with van der Waals surface area (Å²) in [5.74, 6) is -0.0413. The van der Waals surface area contributed by atoms with E-state index in [0.29, 0.717) is 32.0 Å². The average molecular weight is 235 g/mol. The van der Waals surface area contributed by atoms with E-state index in [9.17, 15) is 9.18 Å². The lowest BCUT2D eigenvalue weighted by atomic mass is 10.3. The molecule has 0 aromatic carbocycles. The number of halogens is 1. The van der Waals surface area contributed by atoms with Crippen LogP contribution < -0.4 is 4.90 Å². The number of hydrogen-bond acceptors (Lipinski definition) is 3. The topological polar surface area (TPSA) is 36.4 Å². The Morgan fingerprint density at radius 3 is 2.71 bits per heavy atom. The zero-order valence-corrected chi connectivity index (χ0v) is 9.47. The van der Waals surface area contributed by atoms with Crippen LogP contribution in [0.15, 0.2) is 31.0 Å². The standard InChI is InChI=1S/C12H14FN3O/c1-2-11(17)15-6-8-16(9-7-15)12-10(13)4-3-5-14-12/h2-5H,1,6-9H2. The first-order valence-electron chi connectivity index (χ1n) is 5.49. The predicted molar refractivity (Wildman–Crippen MR) is 63.2 cm³/mol. The molecule has 1 saturated heterocycles. The number of amides is 1. The first kappa shape index (κ1) is 11.6. The van der Waals surface area contributed by atoms with Crippen LogP contribution >= 0.6 is 0 Å². The molecule has 17 heavy (non-hydrogen) atoms. The lowest BCUT2D eigenvalue weighted by Gasteiger charge is -2.34. The van der Waals surface area contributed by atoms with Crippen molar-refractivity contribution in [1.82, 2.24) is 9.88 Å². The summed E-state index contributed by atoms with van der Waals surface area (Å²) >= 11 is 0. The molecule has 1 aromatic heterocycles. The van der Waals surface area contributed by atoms with Crippen molar-refractivity contribution in [3.8, 4) is 0 Å². The summed E-state index contributed by atoms with van der Waals surface area (Å²) in [5.41, 5.74) is 0. The molecule has 0 radical (unpaired) electrons. The van der Waals surface area contributed by atoms with Gasteiger partial charge in [-0.25, -0.2) is 9.37 Å². The first-order chi connectivity index (χ1) is 8.22. The number of piperazine rings is 1. The summed E-state index contributed by atoms with van der Waals surface area (Å²) in [6, 6.07) is 2.96. The van der Waals surface area contributed by atoms with E-state index in [-0.39, 0.29) is 11.7 Å². The Kier molecular flexibility index (Phi) is 3.37. The van der Waals surface area contributed by atoms with E-state index in [0.717, 1.165) is 0 Å². The highest BCUT2D eigenvalue weighted by Gasteiger charge is 2.21. The van der Waals surface area contributed by atoms with Gasteiger partial charge < -0.3 is 9.80 Å². The number of rotatable bonds is 2. The van der Waals surface area contributed by atoms with E-state index in [1.807, 2.05) is 4.90 Å². The zero-order chi connectivity index (χ0) is 12.3. The molecule has 2 rings (SSSR count). The highest BCUT2D eigenvalue weighted by atomic mass is 19.1. The Bertz CT molecular complexity index is 428. The van der Waals surface area contributed by atoms with Crippen molar-refractivity contribution in [2.75, 3.05) is 31.1 Å². The van der Waals surface area contributed by atoms with E-state index >= 15 is 0 Å². The SMILES string of the molecule is C=CC(=O)N1CCN(c2ncccc2F)CC1. The largest absolute Gasteiger partial charge is 0.351 e. The molecule has 0 N–H and O–H groups in total. The fourth-order valence-electron chi connectivity index (χ4n) is 1.88. The minimum Gasteiger partial charge on any atom is -0.351 e. The van der Waals surface area contributed by atoms with Gasteiger partial charge in [0, 0.05) is 32.4 Å². The van der Waals surface area contributed by atoms with E-state index in [1.165, 1.54) is 12.1 Å². The molecule has 0 atom stereocenters. The van der Waals surface area contributed by atoms with Crippen LogP contribution in [-0.2, 0) is 4.79 Å². The number of hydrogen-bond donors (Lipinski definition) is 0. The molecule has 2 heterocycles. The number of pyridine rings is 1. The number of anilines is 1. The molecule has 1 aliphatic rings. The number of aromatic nitrogens is 1. The van der Waals surface area contributed by atoms with Gasteiger partial charge in [0.2, 0.25) is 5.91 Å². The van der Waals surface area contributed by atoms with Gasteiger partial charge in [-0.15, -0.1) is 0 Å². The molecule has 1 aromatic rings. The van der Waals surface area contributed by atoms with Crippen LogP contribution in [-0.4, -0.2) is 42.0 Å². The van der Waals surface area contributed by atoms with Crippen LogP contribution in [0.1, 0.15) is 0 Å². The first-order valence-corrected chi connectivity index (χ1v) is 5.49. The van der Waals surface area contributed by atoms with Gasteiger partial charge in [0.1, 0.15) is 0 Å². The Labute approximate surface area is 99.4 Å². The molecule has 0 saturated carbocycles. The van der Waals surface area contributed by atoms with Gasteiger partial charge in [0.05, 0.1) is 0 Å². The third kappa shape index (κ3) is 2.43. The van der Waals surface area contributed by atoms with Gasteiger partial charge in [-0.3, -0.25) is 4.79 Å². The van der Waals surface area contributed by atoms with Gasteiger partial charge in [-0.05, 0) is 18.2 Å². The van der Waals surface area contributed by atoms with Gasteiger partial charge in [0.25, 0.3) is 0 Å². The molecule has 90 valence electrons. The summed E-state index contributed by atoms with van der Waals surface area (Å²) in [4.78, 5) is 18.9. The fraction of sp³-hybridized carbons (Fsp3) is 0.333. The smallest absolute Gasteiger partial charge is 0.246 e. The highest BCUT2D eigenvalue weighted by Crippen LogP contribution is 2.17. The number of carbonyl (C=O) groups excluding carboxylic acids is 1.